The van der Waals surface area contributed by atoms with E-state index >= 15 is 0 Å². The highest BCUT2D eigenvalue weighted by Gasteiger charge is 2.39. The average molecular weight is 432 g/mol. The lowest BCUT2D eigenvalue weighted by atomic mass is 9.96. The van der Waals surface area contributed by atoms with E-state index in [1.54, 1.807) is 13.8 Å². The molecule has 2 atom stereocenters. The highest BCUT2D eigenvalue weighted by molar-refractivity contribution is 7.89. The fourth-order valence-corrected chi connectivity index (χ4v) is 6.61. The van der Waals surface area contributed by atoms with Crippen molar-refractivity contribution in [3.63, 3.8) is 0 Å². The number of amides is 1. The lowest BCUT2D eigenvalue weighted by Gasteiger charge is -2.35. The molecule has 8 heteroatoms. The maximum absolute atomic E-state index is 13.4. The highest BCUT2D eigenvalue weighted by Crippen LogP contribution is 2.30. The summed E-state index contributed by atoms with van der Waals surface area (Å²) in [6, 6.07) is 10.4. The van der Waals surface area contributed by atoms with Crippen molar-refractivity contribution in [2.45, 2.75) is 56.9 Å². The van der Waals surface area contributed by atoms with E-state index in [1.165, 1.54) is 9.87 Å². The standard InChI is InChI=1S/C22H29N3O4S/c1-16-21(17(2)29-23-16)30(27,28)24-12-6-10-19(15-24)22(26)25-13-7-11-20(25)14-18-8-4-3-5-9-18/h3-5,8-9,19-20H,6-7,10-15H2,1-2H3. The molecule has 162 valence electrons. The van der Waals surface area contributed by atoms with Gasteiger partial charge in [0.2, 0.25) is 15.9 Å². The molecule has 0 spiro atoms. The van der Waals surface area contributed by atoms with Gasteiger partial charge in [-0.2, -0.15) is 4.31 Å². The van der Waals surface area contributed by atoms with E-state index in [0.717, 1.165) is 32.2 Å². The summed E-state index contributed by atoms with van der Waals surface area (Å²) in [6.07, 6.45) is 4.24. The molecule has 7 nitrogen and oxygen atoms in total. The summed E-state index contributed by atoms with van der Waals surface area (Å²) in [5, 5.41) is 3.79. The zero-order valence-electron chi connectivity index (χ0n) is 17.6. The van der Waals surface area contributed by atoms with Crippen molar-refractivity contribution < 1.29 is 17.7 Å². The molecule has 1 aromatic carbocycles. The van der Waals surface area contributed by atoms with Gasteiger partial charge in [-0.05, 0) is 51.5 Å². The minimum atomic E-state index is -3.73. The van der Waals surface area contributed by atoms with E-state index in [1.807, 2.05) is 23.1 Å². The summed E-state index contributed by atoms with van der Waals surface area (Å²) < 4.78 is 32.9. The van der Waals surface area contributed by atoms with Crippen molar-refractivity contribution >= 4 is 15.9 Å². The summed E-state index contributed by atoms with van der Waals surface area (Å²) in [7, 11) is -3.73. The molecule has 0 saturated carbocycles. The van der Waals surface area contributed by atoms with Crippen molar-refractivity contribution in [2.75, 3.05) is 19.6 Å². The third-order valence-corrected chi connectivity index (χ3v) is 8.38. The molecule has 1 amide bonds. The molecule has 4 rings (SSSR count). The second-order valence-electron chi connectivity index (χ2n) is 8.37. The molecular weight excluding hydrogens is 402 g/mol. The largest absolute Gasteiger partial charge is 0.360 e. The lowest BCUT2D eigenvalue weighted by Crippen LogP contribution is -2.48. The Morgan fingerprint density at radius 2 is 1.87 bits per heavy atom. The minimum absolute atomic E-state index is 0.0899. The summed E-state index contributed by atoms with van der Waals surface area (Å²) >= 11 is 0. The molecule has 2 aliphatic rings. The SMILES string of the molecule is Cc1noc(C)c1S(=O)(=O)N1CCCC(C(=O)N2CCCC2Cc2ccccc2)C1. The first-order chi connectivity index (χ1) is 14.4. The molecular formula is C22H29N3O4S. The third-order valence-electron chi connectivity index (χ3n) is 6.27. The number of hydrogen-bond acceptors (Lipinski definition) is 5. The van der Waals surface area contributed by atoms with E-state index in [2.05, 4.69) is 17.3 Å². The Bertz CT molecular complexity index is 983. The molecule has 1 aromatic heterocycles. The molecule has 2 fully saturated rings. The Morgan fingerprint density at radius 3 is 2.57 bits per heavy atom. The van der Waals surface area contributed by atoms with Gasteiger partial charge in [0.1, 0.15) is 10.6 Å². The Morgan fingerprint density at radius 1 is 1.13 bits per heavy atom. The number of carbonyl (C=O) groups excluding carboxylic acids is 1. The maximum Gasteiger partial charge on any atom is 0.248 e. The van der Waals surface area contributed by atoms with Crippen molar-refractivity contribution in [2.24, 2.45) is 5.92 Å². The van der Waals surface area contributed by atoms with Crippen LogP contribution in [-0.4, -0.2) is 54.4 Å². The van der Waals surface area contributed by atoms with Gasteiger partial charge >= 0.3 is 0 Å². The first kappa shape index (κ1) is 21.1. The Labute approximate surface area is 178 Å². The van der Waals surface area contributed by atoms with Gasteiger partial charge in [0, 0.05) is 25.7 Å². The van der Waals surface area contributed by atoms with Crippen LogP contribution in [0.5, 0.6) is 0 Å². The van der Waals surface area contributed by atoms with Gasteiger partial charge < -0.3 is 9.42 Å². The van der Waals surface area contributed by atoms with Crippen LogP contribution in [0.15, 0.2) is 39.8 Å². The Balaban J connectivity index is 1.48. The Hall–Kier alpha value is -2.19. The predicted molar refractivity (Wildman–Crippen MR) is 112 cm³/mol. The van der Waals surface area contributed by atoms with Crippen molar-refractivity contribution in [1.29, 1.82) is 0 Å². The molecule has 2 unspecified atom stereocenters. The molecule has 0 N–H and O–H groups in total. The zero-order valence-corrected chi connectivity index (χ0v) is 18.4. The van der Waals surface area contributed by atoms with Gasteiger partial charge in [0.05, 0.1) is 5.92 Å². The number of aromatic nitrogens is 1. The number of hydrogen-bond donors (Lipinski definition) is 0. The number of aryl methyl sites for hydroxylation is 2. The van der Waals surface area contributed by atoms with Crippen molar-refractivity contribution in [1.82, 2.24) is 14.4 Å². The van der Waals surface area contributed by atoms with Crippen LogP contribution in [-0.2, 0) is 21.2 Å². The third kappa shape index (κ3) is 4.03. The first-order valence-electron chi connectivity index (χ1n) is 10.7. The fraction of sp³-hybridized carbons (Fsp3) is 0.545. The number of sulfonamides is 1. The lowest BCUT2D eigenvalue weighted by molar-refractivity contribution is -0.137. The second-order valence-corrected chi connectivity index (χ2v) is 10.2. The quantitative estimate of drug-likeness (QED) is 0.727. The Kier molecular flexibility index (Phi) is 5.97. The molecule has 30 heavy (non-hydrogen) atoms. The van der Waals surface area contributed by atoms with Crippen LogP contribution in [0.2, 0.25) is 0 Å². The minimum Gasteiger partial charge on any atom is -0.360 e. The number of likely N-dealkylation sites (tertiary alicyclic amines) is 1. The number of carbonyl (C=O) groups is 1. The van der Waals surface area contributed by atoms with Crippen molar-refractivity contribution in [3.05, 3.63) is 47.3 Å². The average Bonchev–Trinajstić information content (AvgIpc) is 3.34. The van der Waals surface area contributed by atoms with E-state index < -0.39 is 10.0 Å². The molecule has 0 aliphatic carbocycles. The predicted octanol–water partition coefficient (Wildman–Crippen LogP) is 2.93. The molecule has 0 radical (unpaired) electrons. The molecule has 0 bridgehead atoms. The van der Waals surface area contributed by atoms with Crippen LogP contribution in [0.4, 0.5) is 0 Å². The number of rotatable bonds is 5. The molecule has 2 aromatic rings. The highest BCUT2D eigenvalue weighted by atomic mass is 32.2. The number of piperidine rings is 1. The number of benzene rings is 1. The van der Waals surface area contributed by atoms with Crippen LogP contribution < -0.4 is 0 Å². The second kappa shape index (κ2) is 8.51. The van der Waals surface area contributed by atoms with E-state index in [-0.39, 0.29) is 29.3 Å². The van der Waals surface area contributed by atoms with Gasteiger partial charge in [-0.3, -0.25) is 4.79 Å². The summed E-state index contributed by atoms with van der Waals surface area (Å²) in [5.41, 5.74) is 1.59. The molecule has 2 aliphatic heterocycles. The summed E-state index contributed by atoms with van der Waals surface area (Å²) in [5.74, 6) is 0.0842. The van der Waals surface area contributed by atoms with Gasteiger partial charge in [-0.1, -0.05) is 35.5 Å². The van der Waals surface area contributed by atoms with E-state index in [9.17, 15) is 13.2 Å². The fourth-order valence-electron chi connectivity index (χ4n) is 4.79. The van der Waals surface area contributed by atoms with E-state index in [4.69, 9.17) is 4.52 Å². The summed E-state index contributed by atoms with van der Waals surface area (Å²) in [6.45, 7) is 4.64. The van der Waals surface area contributed by atoms with Gasteiger partial charge in [-0.25, -0.2) is 8.42 Å². The molecule has 2 saturated heterocycles. The van der Waals surface area contributed by atoms with Gasteiger partial charge in [-0.15, -0.1) is 0 Å². The van der Waals surface area contributed by atoms with Gasteiger partial charge in [0.15, 0.2) is 5.76 Å². The van der Waals surface area contributed by atoms with Crippen molar-refractivity contribution in [3.8, 4) is 0 Å². The van der Waals surface area contributed by atoms with Crippen LogP contribution in [0.3, 0.4) is 0 Å². The topological polar surface area (TPSA) is 83.7 Å². The number of nitrogens with zero attached hydrogens (tertiary/aromatic N) is 3. The van der Waals surface area contributed by atoms with E-state index in [0.29, 0.717) is 24.4 Å². The first-order valence-corrected chi connectivity index (χ1v) is 12.1. The van der Waals surface area contributed by atoms with Gasteiger partial charge in [0.25, 0.3) is 0 Å². The van der Waals surface area contributed by atoms with Crippen LogP contribution in [0.1, 0.15) is 42.7 Å². The maximum atomic E-state index is 13.4. The van der Waals surface area contributed by atoms with Crippen LogP contribution >= 0.6 is 0 Å². The van der Waals surface area contributed by atoms with Crippen LogP contribution in [0.25, 0.3) is 0 Å². The molecule has 3 heterocycles. The normalized spacial score (nSPS) is 23.1. The van der Waals surface area contributed by atoms with Crippen LogP contribution in [0, 0.1) is 19.8 Å². The monoisotopic (exact) mass is 431 g/mol. The smallest absolute Gasteiger partial charge is 0.248 e. The summed E-state index contributed by atoms with van der Waals surface area (Å²) in [4.78, 5) is 15.5. The zero-order chi connectivity index (χ0) is 21.3.